The number of para-hydroxylation sites is 1. The van der Waals surface area contributed by atoms with Gasteiger partial charge in [-0.05, 0) is 63.2 Å². The molecule has 0 N–H and O–H groups in total. The Morgan fingerprint density at radius 1 is 0.489 bits per heavy atom. The molecular formula is C44H33N3. The zero-order valence-corrected chi connectivity index (χ0v) is 26.7. The van der Waals surface area contributed by atoms with E-state index in [4.69, 9.17) is 9.97 Å². The summed E-state index contributed by atoms with van der Waals surface area (Å²) >= 11 is 0. The lowest BCUT2D eigenvalue weighted by Crippen LogP contribution is -2.10. The summed E-state index contributed by atoms with van der Waals surface area (Å²) in [7, 11) is 0. The van der Waals surface area contributed by atoms with E-state index in [9.17, 15) is 0 Å². The minimum atomic E-state index is 0.0622. The van der Waals surface area contributed by atoms with Crippen LogP contribution in [0.3, 0.4) is 0 Å². The van der Waals surface area contributed by atoms with Gasteiger partial charge in [0.15, 0.2) is 0 Å². The summed E-state index contributed by atoms with van der Waals surface area (Å²) in [6, 6.07) is 50.1. The van der Waals surface area contributed by atoms with Gasteiger partial charge in [-0.15, -0.1) is 0 Å². The van der Waals surface area contributed by atoms with Crippen LogP contribution in [0.25, 0.3) is 82.5 Å². The van der Waals surface area contributed by atoms with Gasteiger partial charge in [-0.2, -0.15) is 0 Å². The van der Waals surface area contributed by atoms with E-state index in [1.807, 2.05) is 6.20 Å². The minimum Gasteiger partial charge on any atom is -0.309 e. The molecule has 0 radical (unpaired) electrons. The van der Waals surface area contributed by atoms with Crippen molar-refractivity contribution in [2.75, 3.05) is 0 Å². The lowest BCUT2D eigenvalue weighted by atomic mass is 9.86. The Morgan fingerprint density at radius 3 is 1.85 bits per heavy atom. The fourth-order valence-corrected chi connectivity index (χ4v) is 7.22. The maximum atomic E-state index is 5.34. The molecule has 0 amide bonds. The van der Waals surface area contributed by atoms with Crippen molar-refractivity contribution < 1.29 is 0 Å². The Hall–Kier alpha value is -5.80. The average Bonchev–Trinajstić information content (AvgIpc) is 3.44. The molecule has 0 fully saturated rings. The third-order valence-corrected chi connectivity index (χ3v) is 9.59. The standard InChI is InChI=1S/C44H33N3/c1-44(2,3)29-22-24-40-38(26-29)35-23-21-28(25-41(35)47(40)30-13-5-4-6-14-30)31-15-7-10-18-34(31)39-27-45-42-36-19-11-8-16-32(36)33-17-9-12-20-37(33)43(42)46-39/h4-27H,1-3H3. The third-order valence-electron chi connectivity index (χ3n) is 9.59. The second-order valence-corrected chi connectivity index (χ2v) is 13.5. The van der Waals surface area contributed by atoms with Crippen molar-refractivity contribution in [3.63, 3.8) is 0 Å². The monoisotopic (exact) mass is 603 g/mol. The van der Waals surface area contributed by atoms with Crippen LogP contribution in [0.5, 0.6) is 0 Å². The topological polar surface area (TPSA) is 30.7 Å². The lowest BCUT2D eigenvalue weighted by molar-refractivity contribution is 0.591. The van der Waals surface area contributed by atoms with E-state index in [-0.39, 0.29) is 5.41 Å². The molecule has 0 saturated heterocycles. The fourth-order valence-electron chi connectivity index (χ4n) is 7.22. The molecular weight excluding hydrogens is 571 g/mol. The molecule has 3 nitrogen and oxygen atoms in total. The van der Waals surface area contributed by atoms with Crippen molar-refractivity contribution in [1.82, 2.24) is 14.5 Å². The molecule has 7 aromatic carbocycles. The first kappa shape index (κ1) is 27.5. The fraction of sp³-hybridized carbons (Fsp3) is 0.0909. The molecule has 9 rings (SSSR count). The number of nitrogens with zero attached hydrogens (tertiary/aromatic N) is 3. The minimum absolute atomic E-state index is 0.0622. The highest BCUT2D eigenvalue weighted by molar-refractivity contribution is 6.23. The lowest BCUT2D eigenvalue weighted by Gasteiger charge is -2.19. The van der Waals surface area contributed by atoms with E-state index >= 15 is 0 Å². The first-order valence-electron chi connectivity index (χ1n) is 16.3. The Morgan fingerprint density at radius 2 is 1.13 bits per heavy atom. The molecule has 0 saturated carbocycles. The maximum absolute atomic E-state index is 5.34. The quantitative estimate of drug-likeness (QED) is 0.188. The normalized spacial score (nSPS) is 12.1. The zero-order chi connectivity index (χ0) is 31.7. The van der Waals surface area contributed by atoms with Crippen molar-refractivity contribution >= 4 is 54.4 Å². The number of aromatic nitrogens is 3. The highest BCUT2D eigenvalue weighted by Crippen LogP contribution is 2.40. The van der Waals surface area contributed by atoms with Gasteiger partial charge < -0.3 is 4.57 Å². The van der Waals surface area contributed by atoms with Crippen molar-refractivity contribution in [2.45, 2.75) is 26.2 Å². The first-order valence-corrected chi connectivity index (χ1v) is 16.3. The van der Waals surface area contributed by atoms with Gasteiger partial charge in [0.1, 0.15) is 0 Å². The Bertz CT molecular complexity index is 2620. The summed E-state index contributed by atoms with van der Waals surface area (Å²) < 4.78 is 2.40. The predicted molar refractivity (Wildman–Crippen MR) is 198 cm³/mol. The number of benzene rings is 7. The second-order valence-electron chi connectivity index (χ2n) is 13.5. The zero-order valence-electron chi connectivity index (χ0n) is 26.7. The van der Waals surface area contributed by atoms with Gasteiger partial charge in [0.25, 0.3) is 0 Å². The van der Waals surface area contributed by atoms with Crippen LogP contribution in [-0.2, 0) is 5.41 Å². The molecule has 0 aliphatic carbocycles. The van der Waals surface area contributed by atoms with Crippen LogP contribution in [0.4, 0.5) is 0 Å². The van der Waals surface area contributed by atoms with E-state index in [0.717, 1.165) is 49.9 Å². The van der Waals surface area contributed by atoms with Gasteiger partial charge in [-0.1, -0.05) is 130 Å². The smallest absolute Gasteiger partial charge is 0.0979 e. The summed E-state index contributed by atoms with van der Waals surface area (Å²) in [6.45, 7) is 6.83. The summed E-state index contributed by atoms with van der Waals surface area (Å²) in [5.74, 6) is 0. The van der Waals surface area contributed by atoms with Crippen LogP contribution in [0.15, 0.2) is 146 Å². The number of fused-ring (bicyclic) bond motifs is 9. The van der Waals surface area contributed by atoms with Crippen LogP contribution in [0.1, 0.15) is 26.3 Å². The van der Waals surface area contributed by atoms with Gasteiger partial charge in [0, 0.05) is 32.8 Å². The summed E-state index contributed by atoms with van der Waals surface area (Å²) in [6.07, 6.45) is 1.94. The molecule has 0 spiro atoms. The molecule has 0 bridgehead atoms. The number of rotatable bonds is 3. The maximum Gasteiger partial charge on any atom is 0.0979 e. The van der Waals surface area contributed by atoms with Gasteiger partial charge in [0.2, 0.25) is 0 Å². The molecule has 0 aliphatic heterocycles. The Kier molecular flexibility index (Phi) is 6.07. The van der Waals surface area contributed by atoms with Gasteiger partial charge in [-0.25, -0.2) is 4.98 Å². The van der Waals surface area contributed by atoms with E-state index < -0.39 is 0 Å². The van der Waals surface area contributed by atoms with Crippen molar-refractivity contribution in [2.24, 2.45) is 0 Å². The predicted octanol–water partition coefficient (Wildman–Crippen LogP) is 11.7. The van der Waals surface area contributed by atoms with Crippen molar-refractivity contribution in [3.8, 4) is 28.1 Å². The van der Waals surface area contributed by atoms with E-state index in [2.05, 4.69) is 165 Å². The van der Waals surface area contributed by atoms with Crippen LogP contribution >= 0.6 is 0 Å². The summed E-state index contributed by atoms with van der Waals surface area (Å²) in [5, 5.41) is 7.17. The van der Waals surface area contributed by atoms with Crippen LogP contribution in [0, 0.1) is 0 Å². The molecule has 0 atom stereocenters. The van der Waals surface area contributed by atoms with E-state index in [1.54, 1.807) is 0 Å². The van der Waals surface area contributed by atoms with Crippen LogP contribution in [0.2, 0.25) is 0 Å². The summed E-state index contributed by atoms with van der Waals surface area (Å²) in [5.41, 5.74) is 11.0. The third kappa shape index (κ3) is 4.34. The van der Waals surface area contributed by atoms with E-state index in [1.165, 1.54) is 38.1 Å². The molecule has 224 valence electrons. The van der Waals surface area contributed by atoms with Crippen LogP contribution in [-0.4, -0.2) is 14.5 Å². The molecule has 0 aliphatic rings. The molecule has 9 aromatic rings. The largest absolute Gasteiger partial charge is 0.309 e. The first-order chi connectivity index (χ1) is 23.0. The SMILES string of the molecule is CC(C)(C)c1ccc2c(c1)c1ccc(-c3ccccc3-c3cnc4c5ccccc5c5ccccc5c4n3)cc1n2-c1ccccc1. The highest BCUT2D eigenvalue weighted by atomic mass is 15.0. The van der Waals surface area contributed by atoms with Crippen LogP contribution < -0.4 is 0 Å². The second kappa shape index (κ2) is 10.4. The van der Waals surface area contributed by atoms with E-state index in [0.29, 0.717) is 0 Å². The highest BCUT2D eigenvalue weighted by Gasteiger charge is 2.20. The summed E-state index contributed by atoms with van der Waals surface area (Å²) in [4.78, 5) is 10.4. The molecule has 2 heterocycles. The van der Waals surface area contributed by atoms with Gasteiger partial charge in [-0.3, -0.25) is 4.98 Å². The molecule has 0 unspecified atom stereocenters. The van der Waals surface area contributed by atoms with Crippen molar-refractivity contribution in [1.29, 1.82) is 0 Å². The average molecular weight is 604 g/mol. The number of hydrogen-bond donors (Lipinski definition) is 0. The van der Waals surface area contributed by atoms with Gasteiger partial charge in [0.05, 0.1) is 34.0 Å². The Labute approximate surface area is 273 Å². The molecule has 3 heteroatoms. The molecule has 2 aromatic heterocycles. The Balaban J connectivity index is 1.28. The number of hydrogen-bond acceptors (Lipinski definition) is 2. The van der Waals surface area contributed by atoms with Gasteiger partial charge >= 0.3 is 0 Å². The van der Waals surface area contributed by atoms with Crippen molar-refractivity contribution in [3.05, 3.63) is 151 Å². The molecule has 47 heavy (non-hydrogen) atoms.